The molecule has 1 heterocycles. The first-order valence-electron chi connectivity index (χ1n) is 5.53. The lowest BCUT2D eigenvalue weighted by atomic mass is 9.88. The van der Waals surface area contributed by atoms with E-state index in [-0.39, 0.29) is 18.1 Å². The Morgan fingerprint density at radius 3 is 2.67 bits per heavy atom. The van der Waals surface area contributed by atoms with Crippen LogP contribution in [0.15, 0.2) is 11.3 Å². The number of ether oxygens (including phenoxy) is 2. The number of nitriles is 1. The molecule has 0 bridgehead atoms. The van der Waals surface area contributed by atoms with Crippen molar-refractivity contribution in [1.82, 2.24) is 5.32 Å². The van der Waals surface area contributed by atoms with Crippen LogP contribution in [0.25, 0.3) is 0 Å². The third kappa shape index (κ3) is 2.45. The number of carbonyl (C=O) groups is 2. The average molecular weight is 252 g/mol. The summed E-state index contributed by atoms with van der Waals surface area (Å²) in [4.78, 5) is 23.1. The summed E-state index contributed by atoms with van der Waals surface area (Å²) < 4.78 is 10.0. The van der Waals surface area contributed by atoms with Gasteiger partial charge in [-0.1, -0.05) is 6.92 Å². The third-order valence-electron chi connectivity index (χ3n) is 2.96. The van der Waals surface area contributed by atoms with Crippen molar-refractivity contribution in [2.24, 2.45) is 5.92 Å². The molecule has 0 aliphatic carbocycles. The monoisotopic (exact) mass is 252 g/mol. The van der Waals surface area contributed by atoms with Crippen molar-refractivity contribution in [3.05, 3.63) is 11.3 Å². The number of nitrogens with zero attached hydrogens (tertiary/aromatic N) is 1. The second kappa shape index (κ2) is 5.08. The fourth-order valence-electron chi connectivity index (χ4n) is 1.92. The zero-order valence-electron chi connectivity index (χ0n) is 10.9. The largest absolute Gasteiger partial charge is 0.465 e. The highest BCUT2D eigenvalue weighted by molar-refractivity contribution is 5.86. The van der Waals surface area contributed by atoms with E-state index in [0.717, 1.165) is 5.57 Å². The molecule has 18 heavy (non-hydrogen) atoms. The maximum absolute atomic E-state index is 11.8. The highest BCUT2D eigenvalue weighted by Gasteiger charge is 2.48. The number of hydrogen-bond acceptors (Lipinski definition) is 5. The van der Waals surface area contributed by atoms with Crippen molar-refractivity contribution < 1.29 is 19.1 Å². The topological polar surface area (TPSA) is 88.4 Å². The summed E-state index contributed by atoms with van der Waals surface area (Å²) in [6.07, 6.45) is 0.232. The van der Waals surface area contributed by atoms with Gasteiger partial charge in [-0.3, -0.25) is 4.79 Å². The molecular formula is C12H16N2O4. The summed E-state index contributed by atoms with van der Waals surface area (Å²) in [5.41, 5.74) is -0.854. The molecule has 2 atom stereocenters. The lowest BCUT2D eigenvalue weighted by Crippen LogP contribution is -2.58. The lowest BCUT2D eigenvalue weighted by Gasteiger charge is -2.37. The Morgan fingerprint density at radius 1 is 1.61 bits per heavy atom. The predicted octanol–water partition coefficient (Wildman–Crippen LogP) is 0.846. The van der Waals surface area contributed by atoms with Crippen LogP contribution in [0.4, 0.5) is 0 Å². The Balaban J connectivity index is 3.20. The molecule has 1 rings (SSSR count). The average Bonchev–Trinajstić information content (AvgIpc) is 2.31. The second-order valence-electron chi connectivity index (χ2n) is 4.33. The van der Waals surface area contributed by atoms with Gasteiger partial charge in [0.15, 0.2) is 5.76 Å². The maximum Gasteiger partial charge on any atom is 0.372 e. The van der Waals surface area contributed by atoms with E-state index in [0.29, 0.717) is 0 Å². The standard InChI is InChI=1S/C12H16N2O4/c1-7-5-12(11(16)17-4,14-9(3)15)18-10(6-13)8(7)2/h7H,5H2,1-4H3,(H,14,15)/t7-,12-/m1/s1. The number of esters is 1. The van der Waals surface area contributed by atoms with Crippen LogP contribution in [-0.2, 0) is 19.1 Å². The molecule has 0 spiro atoms. The van der Waals surface area contributed by atoms with Gasteiger partial charge in [0.05, 0.1) is 7.11 Å². The molecule has 0 fully saturated rings. The SMILES string of the molecule is COC(=O)[C@@]1(NC(C)=O)C[C@@H](C)C(C)=C(C#N)O1. The van der Waals surface area contributed by atoms with Crippen LogP contribution in [0.5, 0.6) is 0 Å². The first-order valence-corrected chi connectivity index (χ1v) is 5.53. The summed E-state index contributed by atoms with van der Waals surface area (Å²) in [6, 6.07) is 1.89. The third-order valence-corrected chi connectivity index (χ3v) is 2.96. The van der Waals surface area contributed by atoms with Crippen LogP contribution in [0.2, 0.25) is 0 Å². The first-order chi connectivity index (χ1) is 8.36. The Kier molecular flexibility index (Phi) is 3.96. The van der Waals surface area contributed by atoms with Crippen LogP contribution in [0.1, 0.15) is 27.2 Å². The molecule has 1 amide bonds. The van der Waals surface area contributed by atoms with Crippen LogP contribution >= 0.6 is 0 Å². The van der Waals surface area contributed by atoms with Gasteiger partial charge in [-0.25, -0.2) is 4.79 Å². The normalized spacial score (nSPS) is 26.9. The van der Waals surface area contributed by atoms with E-state index in [1.54, 1.807) is 6.92 Å². The predicted molar refractivity (Wildman–Crippen MR) is 61.7 cm³/mol. The molecule has 1 aliphatic rings. The summed E-state index contributed by atoms with van der Waals surface area (Å²) in [6.45, 7) is 4.89. The van der Waals surface area contributed by atoms with Crippen LogP contribution in [-0.4, -0.2) is 24.7 Å². The first kappa shape index (κ1) is 14.0. The number of nitrogens with one attached hydrogen (secondary N) is 1. The van der Waals surface area contributed by atoms with E-state index in [1.807, 2.05) is 13.0 Å². The molecule has 0 aromatic carbocycles. The molecule has 6 heteroatoms. The Labute approximate surface area is 106 Å². The molecule has 0 aromatic rings. The Hall–Kier alpha value is -2.03. The minimum absolute atomic E-state index is 0.0490. The smallest absolute Gasteiger partial charge is 0.372 e. The molecule has 0 unspecified atom stereocenters. The second-order valence-corrected chi connectivity index (χ2v) is 4.33. The van der Waals surface area contributed by atoms with Gasteiger partial charge in [0.25, 0.3) is 5.72 Å². The van der Waals surface area contributed by atoms with E-state index in [2.05, 4.69) is 10.1 Å². The quantitative estimate of drug-likeness (QED) is 0.736. The highest BCUT2D eigenvalue weighted by atomic mass is 16.6. The van der Waals surface area contributed by atoms with Crippen molar-refractivity contribution in [3.8, 4) is 6.07 Å². The summed E-state index contributed by atoms with van der Waals surface area (Å²) >= 11 is 0. The van der Waals surface area contributed by atoms with Crippen molar-refractivity contribution in [3.63, 3.8) is 0 Å². The number of allylic oxidation sites excluding steroid dienone is 2. The van der Waals surface area contributed by atoms with Gasteiger partial charge in [-0.15, -0.1) is 0 Å². The van der Waals surface area contributed by atoms with Gasteiger partial charge in [-0.2, -0.15) is 5.26 Å². The summed E-state index contributed by atoms with van der Waals surface area (Å²) in [5, 5.41) is 11.4. The molecule has 1 N–H and O–H groups in total. The Bertz CT molecular complexity index is 449. The van der Waals surface area contributed by atoms with E-state index in [1.165, 1.54) is 14.0 Å². The molecule has 1 aliphatic heterocycles. The van der Waals surface area contributed by atoms with E-state index >= 15 is 0 Å². The van der Waals surface area contributed by atoms with Crippen molar-refractivity contribution in [1.29, 1.82) is 5.26 Å². The van der Waals surface area contributed by atoms with Gasteiger partial charge in [-0.05, 0) is 18.4 Å². The molecule has 0 saturated carbocycles. The fourth-order valence-corrected chi connectivity index (χ4v) is 1.92. The number of carbonyl (C=O) groups excluding carboxylic acids is 2. The van der Waals surface area contributed by atoms with Gasteiger partial charge >= 0.3 is 5.97 Å². The fraction of sp³-hybridized carbons (Fsp3) is 0.583. The maximum atomic E-state index is 11.8. The van der Waals surface area contributed by atoms with Gasteiger partial charge in [0.1, 0.15) is 6.07 Å². The number of methoxy groups -OCH3 is 1. The zero-order valence-corrected chi connectivity index (χ0v) is 10.9. The van der Waals surface area contributed by atoms with Crippen LogP contribution in [0.3, 0.4) is 0 Å². The molecule has 98 valence electrons. The molecule has 6 nitrogen and oxygen atoms in total. The van der Waals surface area contributed by atoms with E-state index in [4.69, 9.17) is 10.00 Å². The number of rotatable bonds is 2. The zero-order chi connectivity index (χ0) is 13.9. The summed E-state index contributed by atoms with van der Waals surface area (Å²) in [7, 11) is 1.21. The van der Waals surface area contributed by atoms with Gasteiger partial charge < -0.3 is 14.8 Å². The molecule has 0 radical (unpaired) electrons. The van der Waals surface area contributed by atoms with Crippen molar-refractivity contribution in [2.75, 3.05) is 7.11 Å². The van der Waals surface area contributed by atoms with Gasteiger partial charge in [0.2, 0.25) is 5.91 Å². The Morgan fingerprint density at radius 2 is 2.22 bits per heavy atom. The van der Waals surface area contributed by atoms with E-state index in [9.17, 15) is 9.59 Å². The van der Waals surface area contributed by atoms with E-state index < -0.39 is 17.6 Å². The molecular weight excluding hydrogens is 236 g/mol. The highest BCUT2D eigenvalue weighted by Crippen LogP contribution is 2.34. The molecule has 0 aromatic heterocycles. The minimum Gasteiger partial charge on any atom is -0.465 e. The molecule has 0 saturated heterocycles. The van der Waals surface area contributed by atoms with Crippen molar-refractivity contribution in [2.45, 2.75) is 32.9 Å². The lowest BCUT2D eigenvalue weighted by molar-refractivity contribution is -0.175. The van der Waals surface area contributed by atoms with Gasteiger partial charge in [0, 0.05) is 13.3 Å². The minimum atomic E-state index is -1.61. The number of hydrogen-bond donors (Lipinski definition) is 1. The van der Waals surface area contributed by atoms with Crippen LogP contribution < -0.4 is 5.32 Å². The van der Waals surface area contributed by atoms with Crippen molar-refractivity contribution >= 4 is 11.9 Å². The van der Waals surface area contributed by atoms with Crippen LogP contribution in [0, 0.1) is 17.2 Å². The summed E-state index contributed by atoms with van der Waals surface area (Å²) in [5.74, 6) is -1.17. The number of amides is 1.